The minimum Gasteiger partial charge on any atom is -0.269 e. The van der Waals surface area contributed by atoms with E-state index in [1.807, 2.05) is 0 Å². The van der Waals surface area contributed by atoms with Crippen molar-refractivity contribution < 1.29 is 27.0 Å². The first-order valence-corrected chi connectivity index (χ1v) is 1.01. The first kappa shape index (κ1) is 15.7. The molecule has 0 radical (unpaired) electrons. The predicted molar refractivity (Wildman–Crippen MR) is 16.5 cm³/mol. The molecule has 0 atom stereocenters. The molecule has 0 bridgehead atoms. The molecule has 0 amide bonds. The predicted octanol–water partition coefficient (Wildman–Crippen LogP) is 2.30. The van der Waals surface area contributed by atoms with E-state index in [1.54, 1.807) is 0 Å². The van der Waals surface area contributed by atoms with E-state index in [9.17, 15) is 17.6 Å². The Morgan fingerprint density at radius 1 is 0.625 bits per heavy atom. The van der Waals surface area contributed by atoms with Gasteiger partial charge in [0.25, 0.3) is 0 Å². The SMILES string of the molecule is F.F.FC(F)=C(F)F. The summed E-state index contributed by atoms with van der Waals surface area (Å²) >= 11 is 0. The largest absolute Gasteiger partial charge is 0.334 e. The quantitative estimate of drug-likeness (QED) is 0.453. The maximum Gasteiger partial charge on any atom is 0.334 e. The van der Waals surface area contributed by atoms with Gasteiger partial charge in [0.2, 0.25) is 0 Å². The van der Waals surface area contributed by atoms with Crippen LogP contribution in [0.3, 0.4) is 0 Å². The summed E-state index contributed by atoms with van der Waals surface area (Å²) in [6, 6.07) is 0. The molecule has 0 aromatic heterocycles. The average Bonchev–Trinajstić information content (AvgIpc) is 1.36. The van der Waals surface area contributed by atoms with Crippen LogP contribution in [0.25, 0.3) is 0 Å². The van der Waals surface area contributed by atoms with Crippen molar-refractivity contribution in [3.63, 3.8) is 0 Å². The van der Waals surface area contributed by atoms with E-state index >= 15 is 0 Å². The third kappa shape index (κ3) is 9.01. The lowest BCUT2D eigenvalue weighted by atomic mass is 11.1. The second-order valence-electron chi connectivity index (χ2n) is 0.521. The zero-order valence-corrected chi connectivity index (χ0v) is 3.33. The van der Waals surface area contributed by atoms with Gasteiger partial charge in [-0.2, -0.15) is 17.6 Å². The molecule has 0 heterocycles. The van der Waals surface area contributed by atoms with Crippen LogP contribution in [0.5, 0.6) is 0 Å². The number of hydrogen-bond acceptors (Lipinski definition) is 0. The van der Waals surface area contributed by atoms with Gasteiger partial charge in [0.1, 0.15) is 0 Å². The van der Waals surface area contributed by atoms with Crippen molar-refractivity contribution in [1.82, 2.24) is 0 Å². The molecule has 52 valence electrons. The molecule has 0 aromatic carbocycles. The average molecular weight is 140 g/mol. The molecule has 0 N–H and O–H groups in total. The number of halogens is 6. The molecule has 0 aromatic rings. The van der Waals surface area contributed by atoms with Crippen molar-refractivity contribution in [3.8, 4) is 0 Å². The lowest BCUT2D eigenvalue weighted by Gasteiger charge is -1.69. The van der Waals surface area contributed by atoms with E-state index < -0.39 is 12.2 Å². The molecule has 0 rings (SSSR count). The van der Waals surface area contributed by atoms with Gasteiger partial charge in [-0.3, -0.25) is 9.41 Å². The fraction of sp³-hybridized carbons (Fsp3) is 0. The molecule has 0 fully saturated rings. The van der Waals surface area contributed by atoms with Gasteiger partial charge in [-0.15, -0.1) is 0 Å². The third-order valence-electron chi connectivity index (χ3n) is 0.143. The summed E-state index contributed by atoms with van der Waals surface area (Å²) in [5.74, 6) is 0. The van der Waals surface area contributed by atoms with Gasteiger partial charge in [-0.05, 0) is 0 Å². The zero-order valence-electron chi connectivity index (χ0n) is 3.33. The lowest BCUT2D eigenvalue weighted by Crippen LogP contribution is -1.56. The van der Waals surface area contributed by atoms with Crippen molar-refractivity contribution in [2.75, 3.05) is 0 Å². The van der Waals surface area contributed by atoms with E-state index in [0.29, 0.717) is 0 Å². The minimum atomic E-state index is -2.91. The van der Waals surface area contributed by atoms with Gasteiger partial charge >= 0.3 is 12.2 Å². The Hall–Kier alpha value is -0.680. The molecule has 8 heavy (non-hydrogen) atoms. The third-order valence-corrected chi connectivity index (χ3v) is 0.143. The van der Waals surface area contributed by atoms with Gasteiger partial charge in [-0.25, -0.2) is 0 Å². The highest BCUT2D eigenvalue weighted by atomic mass is 19.3. The van der Waals surface area contributed by atoms with Crippen molar-refractivity contribution in [2.45, 2.75) is 0 Å². The second-order valence-corrected chi connectivity index (χ2v) is 0.521. The molecule has 0 nitrogen and oxygen atoms in total. The summed E-state index contributed by atoms with van der Waals surface area (Å²) in [5.41, 5.74) is 0. The highest BCUT2D eigenvalue weighted by Gasteiger charge is 1.98. The highest BCUT2D eigenvalue weighted by Crippen LogP contribution is 2.08. The van der Waals surface area contributed by atoms with Crippen molar-refractivity contribution >= 4 is 0 Å². The van der Waals surface area contributed by atoms with Gasteiger partial charge in [-0.1, -0.05) is 0 Å². The van der Waals surface area contributed by atoms with Crippen molar-refractivity contribution in [2.24, 2.45) is 0 Å². The smallest absolute Gasteiger partial charge is 0.269 e. The maximum absolute atomic E-state index is 10.3. The molecule has 0 saturated carbocycles. The molecule has 0 saturated heterocycles. The van der Waals surface area contributed by atoms with Crippen LogP contribution in [-0.2, 0) is 0 Å². The van der Waals surface area contributed by atoms with Crippen molar-refractivity contribution in [3.05, 3.63) is 12.2 Å². The summed E-state index contributed by atoms with van der Waals surface area (Å²) in [5, 5.41) is 0. The van der Waals surface area contributed by atoms with Crippen LogP contribution in [-0.4, -0.2) is 0 Å². The van der Waals surface area contributed by atoms with Crippen LogP contribution in [0.15, 0.2) is 12.2 Å². The molecule has 0 aliphatic heterocycles. The molecule has 0 spiro atoms. The standard InChI is InChI=1S/C2F4.2FH/c3-1(4)2(5)6;;/h;2*1H. The van der Waals surface area contributed by atoms with E-state index in [1.165, 1.54) is 0 Å². The highest BCUT2D eigenvalue weighted by molar-refractivity contribution is 4.77. The minimum absolute atomic E-state index is 0. The summed E-state index contributed by atoms with van der Waals surface area (Å²) < 4.78 is 41.1. The Bertz CT molecular complexity index is 56.6. The Balaban J connectivity index is -0.000000125. The fourth-order valence-corrected chi connectivity index (χ4v) is 0. The van der Waals surface area contributed by atoms with Crippen LogP contribution in [0.1, 0.15) is 0 Å². The number of hydrogen-bond donors (Lipinski definition) is 0. The second kappa shape index (κ2) is 6.32. The van der Waals surface area contributed by atoms with Gasteiger partial charge in [0.05, 0.1) is 0 Å². The van der Waals surface area contributed by atoms with Crippen LogP contribution >= 0.6 is 0 Å². The first-order valence-electron chi connectivity index (χ1n) is 1.01. The van der Waals surface area contributed by atoms with E-state index in [4.69, 9.17) is 0 Å². The summed E-state index contributed by atoms with van der Waals surface area (Å²) in [4.78, 5) is 0. The topological polar surface area (TPSA) is 0 Å². The van der Waals surface area contributed by atoms with Crippen LogP contribution < -0.4 is 0 Å². The monoisotopic (exact) mass is 140 g/mol. The molecule has 0 aliphatic carbocycles. The Kier molecular flexibility index (Phi) is 12.4. The number of rotatable bonds is 0. The molecule has 0 unspecified atom stereocenters. The van der Waals surface area contributed by atoms with Gasteiger partial charge in [0, 0.05) is 0 Å². The molecular formula is C2H2F6. The maximum atomic E-state index is 10.3. The molecule has 6 heteroatoms. The zero-order chi connectivity index (χ0) is 5.15. The van der Waals surface area contributed by atoms with Gasteiger partial charge in [0.15, 0.2) is 0 Å². The van der Waals surface area contributed by atoms with Crippen LogP contribution in [0, 0.1) is 0 Å². The summed E-state index contributed by atoms with van der Waals surface area (Å²) in [7, 11) is 0. The van der Waals surface area contributed by atoms with E-state index in [0.717, 1.165) is 0 Å². The lowest BCUT2D eigenvalue weighted by molar-refractivity contribution is 0.308. The summed E-state index contributed by atoms with van der Waals surface area (Å²) in [6.45, 7) is 0. The van der Waals surface area contributed by atoms with Crippen LogP contribution in [0.4, 0.5) is 27.0 Å². The Morgan fingerprint density at radius 2 is 0.750 bits per heavy atom. The molecule has 0 aliphatic rings. The first-order chi connectivity index (χ1) is 2.64. The molecular weight excluding hydrogens is 138 g/mol. The normalized spacial score (nSPS) is 6.00. The van der Waals surface area contributed by atoms with Crippen LogP contribution in [0.2, 0.25) is 0 Å². The van der Waals surface area contributed by atoms with E-state index in [2.05, 4.69) is 0 Å². The van der Waals surface area contributed by atoms with E-state index in [-0.39, 0.29) is 9.41 Å². The summed E-state index contributed by atoms with van der Waals surface area (Å²) in [6.07, 6.45) is -5.81. The van der Waals surface area contributed by atoms with Crippen molar-refractivity contribution in [1.29, 1.82) is 0 Å². The van der Waals surface area contributed by atoms with Gasteiger partial charge < -0.3 is 0 Å². The fourth-order valence-electron chi connectivity index (χ4n) is 0. The Morgan fingerprint density at radius 3 is 0.750 bits per heavy atom. The Labute approximate surface area is 40.5 Å².